The van der Waals surface area contributed by atoms with Crippen LogP contribution < -0.4 is 10.9 Å². The minimum Gasteiger partial charge on any atom is -0.352 e. The maximum absolute atomic E-state index is 13.4. The van der Waals surface area contributed by atoms with Crippen LogP contribution in [-0.4, -0.2) is 70.8 Å². The lowest BCUT2D eigenvalue weighted by Gasteiger charge is -2.45. The molecule has 4 rings (SSSR count). The van der Waals surface area contributed by atoms with E-state index in [-0.39, 0.29) is 35.0 Å². The van der Waals surface area contributed by atoms with Crippen LogP contribution in [0.15, 0.2) is 47.4 Å². The predicted octanol–water partition coefficient (Wildman–Crippen LogP) is 2.59. The molecular formula is C27H30ClN5O4. The number of rotatable bonds is 7. The molecule has 1 saturated heterocycles. The zero-order chi connectivity index (χ0) is 26.9. The molecule has 0 aliphatic carbocycles. The Balaban J connectivity index is 1.65. The number of fused-ring (bicyclic) bond motifs is 1. The van der Waals surface area contributed by atoms with E-state index in [4.69, 9.17) is 11.6 Å². The lowest BCUT2D eigenvalue weighted by molar-refractivity contribution is -0.142. The number of halogens is 1. The van der Waals surface area contributed by atoms with Crippen LogP contribution >= 0.6 is 11.6 Å². The summed E-state index contributed by atoms with van der Waals surface area (Å²) in [6.07, 6.45) is 1.93. The first kappa shape index (κ1) is 26.3. The maximum Gasteiger partial charge on any atom is 0.265 e. The van der Waals surface area contributed by atoms with E-state index in [9.17, 15) is 19.2 Å². The monoisotopic (exact) mass is 523 g/mol. The average Bonchev–Trinajstić information content (AvgIpc) is 2.84. The molecule has 9 nitrogen and oxygen atoms in total. The number of nitrogens with zero attached hydrogens (tertiary/aromatic N) is 4. The van der Waals surface area contributed by atoms with Gasteiger partial charge in [0, 0.05) is 50.3 Å². The van der Waals surface area contributed by atoms with E-state index in [2.05, 4.69) is 24.1 Å². The van der Waals surface area contributed by atoms with Gasteiger partial charge in [-0.25, -0.2) is 4.98 Å². The van der Waals surface area contributed by atoms with Gasteiger partial charge in [-0.3, -0.25) is 23.7 Å². The number of nitrogens with one attached hydrogen (secondary N) is 1. The second-order valence-corrected chi connectivity index (χ2v) is 10.8. The standard InChI is InChI=1S/C27H30ClN5O4/c1-27(2)15-32(16-27)22(34)14-33-23-18(11-19(13-30-23)25(36)31(3)4)12-21(26(33)37)24(35)29-10-9-17-5-7-20(28)8-6-17/h5-8,11-13H,9-10,14-16H2,1-4H3,(H,29,35). The number of pyridine rings is 2. The largest absolute Gasteiger partial charge is 0.352 e. The Morgan fingerprint density at radius 2 is 1.78 bits per heavy atom. The predicted molar refractivity (Wildman–Crippen MR) is 142 cm³/mol. The number of benzene rings is 1. The van der Waals surface area contributed by atoms with Gasteiger partial charge in [-0.05, 0) is 41.7 Å². The fourth-order valence-corrected chi connectivity index (χ4v) is 4.54. The minimum atomic E-state index is -0.608. The first-order valence-corrected chi connectivity index (χ1v) is 12.4. The van der Waals surface area contributed by atoms with Gasteiger partial charge in [0.25, 0.3) is 17.4 Å². The van der Waals surface area contributed by atoms with Crippen molar-refractivity contribution in [2.75, 3.05) is 33.7 Å². The Morgan fingerprint density at radius 3 is 2.41 bits per heavy atom. The van der Waals surface area contributed by atoms with E-state index >= 15 is 0 Å². The Morgan fingerprint density at radius 1 is 1.11 bits per heavy atom. The van der Waals surface area contributed by atoms with Crippen LogP contribution in [-0.2, 0) is 17.8 Å². The summed E-state index contributed by atoms with van der Waals surface area (Å²) in [5.41, 5.74) is 0.854. The first-order valence-electron chi connectivity index (χ1n) is 12.0. The van der Waals surface area contributed by atoms with E-state index in [1.54, 1.807) is 37.2 Å². The summed E-state index contributed by atoms with van der Waals surface area (Å²) in [4.78, 5) is 59.4. The van der Waals surface area contributed by atoms with Crippen LogP contribution in [0.4, 0.5) is 0 Å². The van der Waals surface area contributed by atoms with Gasteiger partial charge in [0.2, 0.25) is 5.91 Å². The van der Waals surface area contributed by atoms with Crippen molar-refractivity contribution in [3.05, 3.63) is 74.7 Å². The number of amides is 3. The smallest absolute Gasteiger partial charge is 0.265 e. The molecule has 0 radical (unpaired) electrons. The molecule has 0 spiro atoms. The third kappa shape index (κ3) is 5.83. The highest BCUT2D eigenvalue weighted by Crippen LogP contribution is 2.28. The molecule has 194 valence electrons. The fourth-order valence-electron chi connectivity index (χ4n) is 4.41. The van der Waals surface area contributed by atoms with Crippen LogP contribution in [0.5, 0.6) is 0 Å². The summed E-state index contributed by atoms with van der Waals surface area (Å²) in [5.74, 6) is -1.05. The molecule has 0 bridgehead atoms. The van der Waals surface area contributed by atoms with Crippen molar-refractivity contribution in [2.24, 2.45) is 5.41 Å². The van der Waals surface area contributed by atoms with E-state index in [0.29, 0.717) is 42.0 Å². The Bertz CT molecular complexity index is 1420. The van der Waals surface area contributed by atoms with Crippen molar-refractivity contribution in [3.8, 4) is 0 Å². The van der Waals surface area contributed by atoms with Crippen molar-refractivity contribution < 1.29 is 14.4 Å². The molecule has 3 amide bonds. The topological polar surface area (TPSA) is 105 Å². The van der Waals surface area contributed by atoms with Crippen LogP contribution in [0.25, 0.3) is 11.0 Å². The summed E-state index contributed by atoms with van der Waals surface area (Å²) in [6, 6.07) is 10.3. The van der Waals surface area contributed by atoms with Gasteiger partial charge in [-0.2, -0.15) is 0 Å². The Hall–Kier alpha value is -3.72. The SMILES string of the molecule is CN(C)C(=O)c1cnc2c(c1)cc(C(=O)NCCc1ccc(Cl)cc1)c(=O)n2CC(=O)N1CC(C)(C)C1. The molecule has 3 heterocycles. The van der Waals surface area contributed by atoms with Crippen molar-refractivity contribution in [3.63, 3.8) is 0 Å². The lowest BCUT2D eigenvalue weighted by atomic mass is 9.84. The summed E-state index contributed by atoms with van der Waals surface area (Å²) in [5, 5.41) is 3.83. The molecule has 10 heteroatoms. The molecule has 2 aromatic heterocycles. The van der Waals surface area contributed by atoms with Crippen molar-refractivity contribution in [1.82, 2.24) is 24.7 Å². The minimum absolute atomic E-state index is 0.0359. The van der Waals surface area contributed by atoms with E-state index in [0.717, 1.165) is 5.56 Å². The van der Waals surface area contributed by atoms with Gasteiger partial charge in [-0.1, -0.05) is 37.6 Å². The molecule has 0 saturated carbocycles. The summed E-state index contributed by atoms with van der Waals surface area (Å²) >= 11 is 5.92. The number of hydrogen-bond acceptors (Lipinski definition) is 5. The van der Waals surface area contributed by atoms with Gasteiger partial charge in [-0.15, -0.1) is 0 Å². The molecule has 1 aromatic carbocycles. The first-order chi connectivity index (χ1) is 17.4. The second-order valence-electron chi connectivity index (χ2n) is 10.3. The highest BCUT2D eigenvalue weighted by molar-refractivity contribution is 6.30. The molecule has 3 aromatic rings. The highest BCUT2D eigenvalue weighted by atomic mass is 35.5. The molecule has 1 N–H and O–H groups in total. The number of aromatic nitrogens is 2. The summed E-state index contributed by atoms with van der Waals surface area (Å²) in [6.45, 7) is 5.38. The van der Waals surface area contributed by atoms with Gasteiger partial charge < -0.3 is 15.1 Å². The quantitative estimate of drug-likeness (QED) is 0.512. The number of carbonyl (C=O) groups is 3. The van der Waals surface area contributed by atoms with Crippen LogP contribution in [0.3, 0.4) is 0 Å². The van der Waals surface area contributed by atoms with E-state index in [1.165, 1.54) is 21.7 Å². The average molecular weight is 524 g/mol. The number of hydrogen-bond donors (Lipinski definition) is 1. The maximum atomic E-state index is 13.4. The Labute approximate surface area is 220 Å². The second kappa shape index (κ2) is 10.3. The third-order valence-electron chi connectivity index (χ3n) is 6.32. The zero-order valence-corrected chi connectivity index (χ0v) is 22.1. The molecule has 0 unspecified atom stereocenters. The van der Waals surface area contributed by atoms with Crippen molar-refractivity contribution in [2.45, 2.75) is 26.8 Å². The number of likely N-dealkylation sites (tertiary alicyclic amines) is 1. The van der Waals surface area contributed by atoms with Gasteiger partial charge in [0.05, 0.1) is 5.56 Å². The van der Waals surface area contributed by atoms with Gasteiger partial charge in [0.1, 0.15) is 17.8 Å². The molecular weight excluding hydrogens is 494 g/mol. The van der Waals surface area contributed by atoms with Crippen LogP contribution in [0.1, 0.15) is 40.1 Å². The van der Waals surface area contributed by atoms with Crippen molar-refractivity contribution >= 4 is 40.4 Å². The van der Waals surface area contributed by atoms with Crippen LogP contribution in [0.2, 0.25) is 5.02 Å². The molecule has 1 fully saturated rings. The molecule has 1 aliphatic rings. The van der Waals surface area contributed by atoms with Gasteiger partial charge >= 0.3 is 0 Å². The molecule has 0 atom stereocenters. The van der Waals surface area contributed by atoms with Crippen molar-refractivity contribution in [1.29, 1.82) is 0 Å². The lowest BCUT2D eigenvalue weighted by Crippen LogP contribution is -2.56. The Kier molecular flexibility index (Phi) is 7.36. The summed E-state index contributed by atoms with van der Waals surface area (Å²) in [7, 11) is 3.25. The number of carbonyl (C=O) groups excluding carboxylic acids is 3. The third-order valence-corrected chi connectivity index (χ3v) is 6.57. The molecule has 37 heavy (non-hydrogen) atoms. The fraction of sp³-hybridized carbons (Fsp3) is 0.370. The van der Waals surface area contributed by atoms with Gasteiger partial charge in [0.15, 0.2) is 0 Å². The highest BCUT2D eigenvalue weighted by Gasteiger charge is 2.37. The normalized spacial score (nSPS) is 14.2. The van der Waals surface area contributed by atoms with Crippen LogP contribution in [0, 0.1) is 5.41 Å². The van der Waals surface area contributed by atoms with E-state index in [1.807, 2.05) is 12.1 Å². The molecule has 1 aliphatic heterocycles. The summed E-state index contributed by atoms with van der Waals surface area (Å²) < 4.78 is 1.22. The van der Waals surface area contributed by atoms with E-state index < -0.39 is 11.5 Å². The zero-order valence-electron chi connectivity index (χ0n) is 21.4.